The summed E-state index contributed by atoms with van der Waals surface area (Å²) in [5.74, 6) is 1.32. The van der Waals surface area contributed by atoms with Gasteiger partial charge in [0.2, 0.25) is 0 Å². The van der Waals surface area contributed by atoms with Crippen molar-refractivity contribution in [3.05, 3.63) is 35.4 Å². The summed E-state index contributed by atoms with van der Waals surface area (Å²) in [5, 5.41) is 3.86. The molecule has 0 aliphatic carbocycles. The van der Waals surface area contributed by atoms with E-state index in [-0.39, 0.29) is 0 Å². The SMILES string of the molecule is CC(C)c1ccc(C(C)NC2CC(C)N(C)CC2C)cc1. The first-order valence-corrected chi connectivity index (χ1v) is 8.44. The third-order valence-corrected chi connectivity index (χ3v) is 5.18. The number of rotatable bonds is 4. The molecule has 0 bridgehead atoms. The molecule has 2 rings (SSSR count). The number of hydrogen-bond donors (Lipinski definition) is 1. The van der Waals surface area contributed by atoms with Crippen molar-refractivity contribution in [1.29, 1.82) is 0 Å². The minimum absolute atomic E-state index is 0.425. The topological polar surface area (TPSA) is 15.3 Å². The molecule has 1 aliphatic rings. The second kappa shape index (κ2) is 6.93. The molecule has 21 heavy (non-hydrogen) atoms. The quantitative estimate of drug-likeness (QED) is 0.893. The van der Waals surface area contributed by atoms with Crippen LogP contribution in [0, 0.1) is 5.92 Å². The lowest BCUT2D eigenvalue weighted by molar-refractivity contribution is 0.116. The fourth-order valence-electron chi connectivity index (χ4n) is 3.36. The van der Waals surface area contributed by atoms with E-state index in [0.717, 1.165) is 0 Å². The summed E-state index contributed by atoms with van der Waals surface area (Å²) in [5.41, 5.74) is 2.82. The lowest BCUT2D eigenvalue weighted by Crippen LogP contribution is -2.51. The average Bonchev–Trinajstić information content (AvgIpc) is 2.44. The van der Waals surface area contributed by atoms with E-state index in [9.17, 15) is 0 Å². The molecule has 0 aromatic heterocycles. The second-order valence-electron chi connectivity index (χ2n) is 7.32. The number of hydrogen-bond acceptors (Lipinski definition) is 2. The maximum atomic E-state index is 3.86. The van der Waals surface area contributed by atoms with Crippen molar-refractivity contribution in [1.82, 2.24) is 10.2 Å². The van der Waals surface area contributed by atoms with E-state index in [1.165, 1.54) is 24.1 Å². The summed E-state index contributed by atoms with van der Waals surface area (Å²) in [7, 11) is 2.24. The summed E-state index contributed by atoms with van der Waals surface area (Å²) in [6, 6.07) is 10.9. The molecule has 0 spiro atoms. The van der Waals surface area contributed by atoms with E-state index in [0.29, 0.717) is 30.0 Å². The second-order valence-corrected chi connectivity index (χ2v) is 7.32. The maximum Gasteiger partial charge on any atom is 0.0294 e. The normalized spacial score (nSPS) is 28.8. The zero-order chi connectivity index (χ0) is 15.6. The van der Waals surface area contributed by atoms with E-state index >= 15 is 0 Å². The average molecular weight is 288 g/mol. The highest BCUT2D eigenvalue weighted by molar-refractivity contribution is 5.26. The maximum absolute atomic E-state index is 3.86. The molecule has 4 atom stereocenters. The largest absolute Gasteiger partial charge is 0.307 e. The van der Waals surface area contributed by atoms with Gasteiger partial charge in [-0.2, -0.15) is 0 Å². The van der Waals surface area contributed by atoms with Crippen molar-refractivity contribution in [3.63, 3.8) is 0 Å². The molecule has 1 heterocycles. The highest BCUT2D eigenvalue weighted by Crippen LogP contribution is 2.24. The molecular formula is C19H32N2. The predicted octanol–water partition coefficient (Wildman–Crippen LogP) is 4.19. The van der Waals surface area contributed by atoms with Crippen LogP contribution in [0.15, 0.2) is 24.3 Å². The van der Waals surface area contributed by atoms with E-state index < -0.39 is 0 Å². The van der Waals surface area contributed by atoms with E-state index in [2.05, 4.69) is 76.1 Å². The van der Waals surface area contributed by atoms with Gasteiger partial charge in [0.15, 0.2) is 0 Å². The first-order valence-electron chi connectivity index (χ1n) is 8.44. The minimum atomic E-state index is 0.425. The zero-order valence-corrected chi connectivity index (χ0v) is 14.6. The van der Waals surface area contributed by atoms with Crippen LogP contribution >= 0.6 is 0 Å². The van der Waals surface area contributed by atoms with Crippen LogP contribution in [0.2, 0.25) is 0 Å². The molecule has 2 heteroatoms. The summed E-state index contributed by atoms with van der Waals surface area (Å²) < 4.78 is 0. The van der Waals surface area contributed by atoms with Crippen molar-refractivity contribution >= 4 is 0 Å². The van der Waals surface area contributed by atoms with Gasteiger partial charge in [0, 0.05) is 24.7 Å². The number of nitrogens with one attached hydrogen (secondary N) is 1. The van der Waals surface area contributed by atoms with Gasteiger partial charge in [-0.1, -0.05) is 45.0 Å². The van der Waals surface area contributed by atoms with Crippen molar-refractivity contribution < 1.29 is 0 Å². The van der Waals surface area contributed by atoms with E-state index in [1.54, 1.807) is 0 Å². The lowest BCUT2D eigenvalue weighted by Gasteiger charge is -2.41. The van der Waals surface area contributed by atoms with Crippen molar-refractivity contribution in [3.8, 4) is 0 Å². The molecule has 1 fully saturated rings. The lowest BCUT2D eigenvalue weighted by atomic mass is 9.88. The smallest absolute Gasteiger partial charge is 0.0294 e. The fourth-order valence-corrected chi connectivity index (χ4v) is 3.36. The molecular weight excluding hydrogens is 256 g/mol. The van der Waals surface area contributed by atoms with Gasteiger partial charge in [-0.25, -0.2) is 0 Å². The van der Waals surface area contributed by atoms with Crippen molar-refractivity contribution in [2.24, 2.45) is 5.92 Å². The Hall–Kier alpha value is -0.860. The van der Waals surface area contributed by atoms with Crippen LogP contribution in [-0.2, 0) is 0 Å². The molecule has 2 nitrogen and oxygen atoms in total. The number of piperidine rings is 1. The van der Waals surface area contributed by atoms with Crippen LogP contribution < -0.4 is 5.32 Å². The third kappa shape index (κ3) is 4.08. The number of nitrogens with zero attached hydrogens (tertiary/aromatic N) is 1. The third-order valence-electron chi connectivity index (χ3n) is 5.18. The molecule has 1 saturated heterocycles. The van der Waals surface area contributed by atoms with Crippen LogP contribution in [0.3, 0.4) is 0 Å². The fraction of sp³-hybridized carbons (Fsp3) is 0.684. The van der Waals surface area contributed by atoms with E-state index in [4.69, 9.17) is 0 Å². The molecule has 4 unspecified atom stereocenters. The molecule has 1 aliphatic heterocycles. The highest BCUT2D eigenvalue weighted by Gasteiger charge is 2.29. The summed E-state index contributed by atoms with van der Waals surface area (Å²) >= 11 is 0. The first-order chi connectivity index (χ1) is 9.88. The molecule has 0 saturated carbocycles. The Balaban J connectivity index is 1.98. The van der Waals surface area contributed by atoms with Gasteiger partial charge in [-0.05, 0) is 50.3 Å². The van der Waals surface area contributed by atoms with Gasteiger partial charge < -0.3 is 10.2 Å². The molecule has 1 aromatic carbocycles. The summed E-state index contributed by atoms with van der Waals surface area (Å²) in [6.45, 7) is 12.7. The Kier molecular flexibility index (Phi) is 5.45. The van der Waals surface area contributed by atoms with Gasteiger partial charge in [0.05, 0.1) is 0 Å². The predicted molar refractivity (Wildman–Crippen MR) is 91.7 cm³/mol. The minimum Gasteiger partial charge on any atom is -0.307 e. The standard InChI is InChI=1S/C19H32N2/c1-13(2)17-7-9-18(10-8-17)16(5)20-19-11-15(4)21(6)12-14(19)3/h7-10,13-16,19-20H,11-12H2,1-6H3. The van der Waals surface area contributed by atoms with Crippen LogP contribution in [0.1, 0.15) is 64.1 Å². The van der Waals surface area contributed by atoms with Gasteiger partial charge in [-0.3, -0.25) is 0 Å². The summed E-state index contributed by atoms with van der Waals surface area (Å²) in [6.07, 6.45) is 1.24. The molecule has 0 radical (unpaired) electrons. The van der Waals surface area contributed by atoms with Gasteiger partial charge in [0.25, 0.3) is 0 Å². The molecule has 118 valence electrons. The molecule has 1 aromatic rings. The number of benzene rings is 1. The first kappa shape index (κ1) is 16.5. The monoisotopic (exact) mass is 288 g/mol. The Labute approximate surface area is 130 Å². The Morgan fingerprint density at radius 1 is 1.05 bits per heavy atom. The Morgan fingerprint density at radius 2 is 1.62 bits per heavy atom. The van der Waals surface area contributed by atoms with E-state index in [1.807, 2.05) is 0 Å². The Morgan fingerprint density at radius 3 is 2.19 bits per heavy atom. The van der Waals surface area contributed by atoms with Crippen LogP contribution in [0.5, 0.6) is 0 Å². The highest BCUT2D eigenvalue weighted by atomic mass is 15.2. The van der Waals surface area contributed by atoms with Crippen molar-refractivity contribution in [2.75, 3.05) is 13.6 Å². The number of likely N-dealkylation sites (tertiary alicyclic amines) is 1. The van der Waals surface area contributed by atoms with Crippen LogP contribution in [-0.4, -0.2) is 30.6 Å². The van der Waals surface area contributed by atoms with Crippen LogP contribution in [0.25, 0.3) is 0 Å². The molecule has 1 N–H and O–H groups in total. The zero-order valence-electron chi connectivity index (χ0n) is 14.6. The van der Waals surface area contributed by atoms with Gasteiger partial charge in [0.1, 0.15) is 0 Å². The summed E-state index contributed by atoms with van der Waals surface area (Å²) in [4.78, 5) is 2.48. The Bertz CT molecular complexity index is 437. The molecule has 0 amide bonds. The van der Waals surface area contributed by atoms with Gasteiger partial charge in [-0.15, -0.1) is 0 Å². The van der Waals surface area contributed by atoms with Crippen LogP contribution in [0.4, 0.5) is 0 Å². The van der Waals surface area contributed by atoms with Gasteiger partial charge >= 0.3 is 0 Å². The van der Waals surface area contributed by atoms with Crippen molar-refractivity contribution in [2.45, 2.75) is 65.1 Å².